The Morgan fingerprint density at radius 3 is 2.44 bits per heavy atom. The van der Waals surface area contributed by atoms with Gasteiger partial charge in [0.25, 0.3) is 0 Å². The largest absolute Gasteiger partial charge is 0.496 e. The molecular weight excluding hydrogens is 230 g/mol. The molecule has 0 saturated heterocycles. The van der Waals surface area contributed by atoms with Crippen LogP contribution in [0.4, 0.5) is 0 Å². The number of nitrogens with two attached hydrogens (primary N) is 1. The number of hydrogen-bond acceptors (Lipinski definition) is 4. The van der Waals surface area contributed by atoms with Crippen molar-refractivity contribution in [3.8, 4) is 5.75 Å². The Morgan fingerprint density at radius 1 is 1.28 bits per heavy atom. The number of carbonyl (C=O) groups is 1. The van der Waals surface area contributed by atoms with Crippen molar-refractivity contribution in [3.05, 3.63) is 28.8 Å². The van der Waals surface area contributed by atoms with Gasteiger partial charge in [-0.2, -0.15) is 0 Å². The van der Waals surface area contributed by atoms with Crippen LogP contribution in [-0.2, 0) is 16.0 Å². The summed E-state index contributed by atoms with van der Waals surface area (Å²) in [5, 5.41) is 0. The highest BCUT2D eigenvalue weighted by Gasteiger charge is 2.14. The number of rotatable bonds is 5. The lowest BCUT2D eigenvalue weighted by Crippen LogP contribution is -2.27. The van der Waals surface area contributed by atoms with Gasteiger partial charge in [-0.25, -0.2) is 0 Å². The van der Waals surface area contributed by atoms with E-state index in [4.69, 9.17) is 10.5 Å². The first-order valence-corrected chi connectivity index (χ1v) is 5.94. The SMILES string of the molecule is COC(=O)CC(N)Cc1cc(C)c(C)cc1OC. The zero-order chi connectivity index (χ0) is 13.7. The minimum Gasteiger partial charge on any atom is -0.496 e. The first-order valence-electron chi connectivity index (χ1n) is 5.94. The van der Waals surface area contributed by atoms with Gasteiger partial charge in [0.2, 0.25) is 0 Å². The predicted octanol–water partition coefficient (Wildman–Crippen LogP) is 1.74. The Bertz CT molecular complexity index is 429. The van der Waals surface area contributed by atoms with Crippen LogP contribution in [0.2, 0.25) is 0 Å². The average Bonchev–Trinajstić information content (AvgIpc) is 2.33. The summed E-state index contributed by atoms with van der Waals surface area (Å²) in [4.78, 5) is 11.2. The molecule has 100 valence electrons. The molecule has 1 aromatic carbocycles. The fourth-order valence-electron chi connectivity index (χ4n) is 1.85. The molecule has 4 nitrogen and oxygen atoms in total. The normalized spacial score (nSPS) is 12.1. The van der Waals surface area contributed by atoms with E-state index in [1.807, 2.05) is 19.9 Å². The standard InChI is InChI=1S/C14H21NO3/c1-9-5-11(13(17-3)6-10(9)2)7-12(15)8-14(16)18-4/h5-6,12H,7-8,15H2,1-4H3. The highest BCUT2D eigenvalue weighted by atomic mass is 16.5. The summed E-state index contributed by atoms with van der Waals surface area (Å²) < 4.78 is 9.95. The second-order valence-electron chi connectivity index (χ2n) is 4.49. The van der Waals surface area contributed by atoms with Crippen molar-refractivity contribution in [3.63, 3.8) is 0 Å². The molecule has 0 aliphatic rings. The number of benzene rings is 1. The van der Waals surface area contributed by atoms with Gasteiger partial charge in [0.1, 0.15) is 5.75 Å². The van der Waals surface area contributed by atoms with Crippen molar-refractivity contribution in [1.82, 2.24) is 0 Å². The molecule has 0 saturated carbocycles. The van der Waals surface area contributed by atoms with E-state index in [1.165, 1.54) is 18.2 Å². The molecule has 0 radical (unpaired) electrons. The first kappa shape index (κ1) is 14.5. The van der Waals surface area contributed by atoms with Gasteiger partial charge in [-0.3, -0.25) is 4.79 Å². The van der Waals surface area contributed by atoms with Crippen molar-refractivity contribution < 1.29 is 14.3 Å². The predicted molar refractivity (Wildman–Crippen MR) is 70.8 cm³/mol. The molecular formula is C14H21NO3. The van der Waals surface area contributed by atoms with Gasteiger partial charge in [0, 0.05) is 6.04 Å². The molecule has 0 amide bonds. The topological polar surface area (TPSA) is 61.5 Å². The molecule has 0 aliphatic heterocycles. The Labute approximate surface area is 108 Å². The van der Waals surface area contributed by atoms with Gasteiger partial charge in [-0.1, -0.05) is 6.07 Å². The highest BCUT2D eigenvalue weighted by Crippen LogP contribution is 2.24. The number of aryl methyl sites for hydroxylation is 2. The number of ether oxygens (including phenoxy) is 2. The Balaban J connectivity index is 2.83. The second-order valence-corrected chi connectivity index (χ2v) is 4.49. The maximum atomic E-state index is 11.2. The van der Waals surface area contributed by atoms with Crippen molar-refractivity contribution in [1.29, 1.82) is 0 Å². The van der Waals surface area contributed by atoms with Gasteiger partial charge in [-0.15, -0.1) is 0 Å². The molecule has 0 fully saturated rings. The molecule has 1 aromatic rings. The van der Waals surface area contributed by atoms with E-state index in [0.29, 0.717) is 6.42 Å². The second kappa shape index (κ2) is 6.40. The lowest BCUT2D eigenvalue weighted by molar-refractivity contribution is -0.140. The zero-order valence-corrected chi connectivity index (χ0v) is 11.4. The summed E-state index contributed by atoms with van der Waals surface area (Å²) >= 11 is 0. The van der Waals surface area contributed by atoms with E-state index in [2.05, 4.69) is 10.8 Å². The van der Waals surface area contributed by atoms with E-state index >= 15 is 0 Å². The lowest BCUT2D eigenvalue weighted by atomic mass is 9.98. The maximum absolute atomic E-state index is 11.2. The van der Waals surface area contributed by atoms with Gasteiger partial charge < -0.3 is 15.2 Å². The summed E-state index contributed by atoms with van der Waals surface area (Å²) in [6.07, 6.45) is 0.811. The van der Waals surface area contributed by atoms with E-state index in [-0.39, 0.29) is 18.4 Å². The summed E-state index contributed by atoms with van der Waals surface area (Å²) in [5.74, 6) is 0.531. The highest BCUT2D eigenvalue weighted by molar-refractivity contribution is 5.70. The number of esters is 1. The molecule has 18 heavy (non-hydrogen) atoms. The summed E-state index contributed by atoms with van der Waals surface area (Å²) in [7, 11) is 3.01. The number of hydrogen-bond donors (Lipinski definition) is 1. The molecule has 0 aliphatic carbocycles. The number of carbonyl (C=O) groups excluding carboxylic acids is 1. The minimum atomic E-state index is -0.287. The van der Waals surface area contributed by atoms with Crippen molar-refractivity contribution in [2.75, 3.05) is 14.2 Å². The lowest BCUT2D eigenvalue weighted by Gasteiger charge is -2.15. The van der Waals surface area contributed by atoms with Crippen LogP contribution in [0.3, 0.4) is 0 Å². The monoisotopic (exact) mass is 251 g/mol. The van der Waals surface area contributed by atoms with E-state index in [9.17, 15) is 4.79 Å². The third-order valence-corrected chi connectivity index (χ3v) is 3.04. The average molecular weight is 251 g/mol. The van der Waals surface area contributed by atoms with Gasteiger partial charge in [0.05, 0.1) is 20.6 Å². The van der Waals surface area contributed by atoms with Crippen LogP contribution in [0.5, 0.6) is 5.75 Å². The summed E-state index contributed by atoms with van der Waals surface area (Å²) in [6, 6.07) is 3.80. The van der Waals surface area contributed by atoms with Crippen LogP contribution >= 0.6 is 0 Å². The minimum absolute atomic E-state index is 0.215. The van der Waals surface area contributed by atoms with Crippen molar-refractivity contribution in [2.45, 2.75) is 32.7 Å². The Kier molecular flexibility index (Phi) is 5.16. The van der Waals surface area contributed by atoms with Crippen LogP contribution in [-0.4, -0.2) is 26.2 Å². The first-order chi connectivity index (χ1) is 8.47. The fraction of sp³-hybridized carbons (Fsp3) is 0.500. The van der Waals surface area contributed by atoms with E-state index in [1.54, 1.807) is 7.11 Å². The van der Waals surface area contributed by atoms with E-state index in [0.717, 1.165) is 11.3 Å². The molecule has 0 bridgehead atoms. The van der Waals surface area contributed by atoms with Gasteiger partial charge in [0.15, 0.2) is 0 Å². The molecule has 1 rings (SSSR count). The molecule has 1 unspecified atom stereocenters. The molecule has 0 heterocycles. The summed E-state index contributed by atoms with van der Waals surface area (Å²) in [5.41, 5.74) is 9.33. The Hall–Kier alpha value is -1.55. The third-order valence-electron chi connectivity index (χ3n) is 3.04. The molecule has 4 heteroatoms. The third kappa shape index (κ3) is 3.74. The summed E-state index contributed by atoms with van der Waals surface area (Å²) in [6.45, 7) is 4.08. The fourth-order valence-corrected chi connectivity index (χ4v) is 1.85. The van der Waals surface area contributed by atoms with Crippen molar-refractivity contribution >= 4 is 5.97 Å². The van der Waals surface area contributed by atoms with Crippen LogP contribution in [0.1, 0.15) is 23.1 Å². The van der Waals surface area contributed by atoms with Crippen LogP contribution in [0.15, 0.2) is 12.1 Å². The zero-order valence-electron chi connectivity index (χ0n) is 11.4. The maximum Gasteiger partial charge on any atom is 0.307 e. The molecule has 1 atom stereocenters. The van der Waals surface area contributed by atoms with Gasteiger partial charge in [-0.05, 0) is 43.0 Å². The van der Waals surface area contributed by atoms with Crippen LogP contribution in [0, 0.1) is 13.8 Å². The molecule has 0 aromatic heterocycles. The number of methoxy groups -OCH3 is 2. The van der Waals surface area contributed by atoms with Crippen LogP contribution in [0.25, 0.3) is 0 Å². The Morgan fingerprint density at radius 2 is 1.89 bits per heavy atom. The van der Waals surface area contributed by atoms with E-state index < -0.39 is 0 Å². The molecule has 2 N–H and O–H groups in total. The van der Waals surface area contributed by atoms with Gasteiger partial charge >= 0.3 is 5.97 Å². The van der Waals surface area contributed by atoms with Crippen LogP contribution < -0.4 is 10.5 Å². The molecule has 0 spiro atoms. The smallest absolute Gasteiger partial charge is 0.307 e. The quantitative estimate of drug-likeness (QED) is 0.810. The van der Waals surface area contributed by atoms with Crippen molar-refractivity contribution in [2.24, 2.45) is 5.73 Å².